The Morgan fingerprint density at radius 2 is 2.19 bits per heavy atom. The fourth-order valence-corrected chi connectivity index (χ4v) is 2.18. The Hall–Kier alpha value is -0.160. The fourth-order valence-electron chi connectivity index (χ4n) is 2.18. The van der Waals surface area contributed by atoms with Crippen LogP contribution in [-0.2, 0) is 9.47 Å². The molecule has 4 nitrogen and oxygen atoms in total. The molecule has 0 aromatic carbocycles. The molecule has 0 spiro atoms. The molecule has 0 aliphatic carbocycles. The highest BCUT2D eigenvalue weighted by molar-refractivity contribution is 4.77. The van der Waals surface area contributed by atoms with E-state index in [1.54, 1.807) is 14.2 Å². The van der Waals surface area contributed by atoms with Crippen LogP contribution in [-0.4, -0.2) is 64.6 Å². The third kappa shape index (κ3) is 5.25. The molecule has 0 aromatic rings. The van der Waals surface area contributed by atoms with E-state index in [0.717, 1.165) is 32.2 Å². The van der Waals surface area contributed by atoms with Crippen LogP contribution in [0.5, 0.6) is 0 Å². The van der Waals surface area contributed by atoms with Gasteiger partial charge in [-0.15, -0.1) is 0 Å². The predicted molar refractivity (Wildman–Crippen MR) is 65.8 cm³/mol. The van der Waals surface area contributed by atoms with E-state index >= 15 is 0 Å². The number of methoxy groups -OCH3 is 2. The van der Waals surface area contributed by atoms with Crippen LogP contribution in [0, 0.1) is 5.92 Å². The highest BCUT2D eigenvalue weighted by Gasteiger charge is 2.21. The van der Waals surface area contributed by atoms with E-state index in [2.05, 4.69) is 17.1 Å². The average molecular weight is 230 g/mol. The summed E-state index contributed by atoms with van der Waals surface area (Å²) in [6.07, 6.45) is 1.30. The van der Waals surface area contributed by atoms with Gasteiger partial charge in [0.2, 0.25) is 0 Å². The lowest BCUT2D eigenvalue weighted by molar-refractivity contribution is 0.157. The van der Waals surface area contributed by atoms with Crippen molar-refractivity contribution in [2.45, 2.75) is 19.4 Å². The van der Waals surface area contributed by atoms with Crippen molar-refractivity contribution in [3.05, 3.63) is 0 Å². The first kappa shape index (κ1) is 13.9. The van der Waals surface area contributed by atoms with Gasteiger partial charge in [0.25, 0.3) is 0 Å². The molecule has 1 aliphatic rings. The van der Waals surface area contributed by atoms with Gasteiger partial charge in [0.05, 0.1) is 13.2 Å². The van der Waals surface area contributed by atoms with Crippen molar-refractivity contribution in [2.24, 2.45) is 5.92 Å². The maximum absolute atomic E-state index is 5.10. The number of rotatable bonds is 8. The zero-order valence-corrected chi connectivity index (χ0v) is 10.9. The summed E-state index contributed by atoms with van der Waals surface area (Å²) in [5.74, 6) is 0.788. The minimum absolute atomic E-state index is 0.457. The van der Waals surface area contributed by atoms with Gasteiger partial charge in [-0.2, -0.15) is 0 Å². The molecule has 0 saturated carbocycles. The highest BCUT2D eigenvalue weighted by Crippen LogP contribution is 2.14. The molecule has 1 N–H and O–H groups in total. The Morgan fingerprint density at radius 1 is 1.38 bits per heavy atom. The molecule has 2 unspecified atom stereocenters. The smallest absolute Gasteiger partial charge is 0.0613 e. The molecule has 1 saturated heterocycles. The van der Waals surface area contributed by atoms with E-state index < -0.39 is 0 Å². The first-order valence-corrected chi connectivity index (χ1v) is 6.20. The number of ether oxygens (including phenoxy) is 2. The van der Waals surface area contributed by atoms with Crippen molar-refractivity contribution in [2.75, 3.05) is 53.6 Å². The third-order valence-electron chi connectivity index (χ3n) is 3.15. The Labute approximate surface area is 99.3 Å². The maximum Gasteiger partial charge on any atom is 0.0613 e. The SMILES string of the molecule is COCCN1CCC(CNC(C)COC)C1. The summed E-state index contributed by atoms with van der Waals surface area (Å²) in [5.41, 5.74) is 0. The molecule has 2 atom stereocenters. The van der Waals surface area contributed by atoms with E-state index in [4.69, 9.17) is 9.47 Å². The van der Waals surface area contributed by atoms with Crippen LogP contribution in [0.25, 0.3) is 0 Å². The van der Waals surface area contributed by atoms with Crippen LogP contribution in [0.15, 0.2) is 0 Å². The van der Waals surface area contributed by atoms with Gasteiger partial charge in [-0.25, -0.2) is 0 Å². The van der Waals surface area contributed by atoms with Crippen LogP contribution in [0.2, 0.25) is 0 Å². The summed E-state index contributed by atoms with van der Waals surface area (Å²) in [5, 5.41) is 3.52. The van der Waals surface area contributed by atoms with Gasteiger partial charge >= 0.3 is 0 Å². The third-order valence-corrected chi connectivity index (χ3v) is 3.15. The summed E-state index contributed by atoms with van der Waals surface area (Å²) in [7, 11) is 3.52. The number of likely N-dealkylation sites (tertiary alicyclic amines) is 1. The summed E-state index contributed by atoms with van der Waals surface area (Å²) in [6, 6.07) is 0.457. The number of nitrogens with zero attached hydrogens (tertiary/aromatic N) is 1. The van der Waals surface area contributed by atoms with Crippen molar-refractivity contribution < 1.29 is 9.47 Å². The Morgan fingerprint density at radius 3 is 2.88 bits per heavy atom. The van der Waals surface area contributed by atoms with Gasteiger partial charge < -0.3 is 19.7 Å². The number of nitrogens with one attached hydrogen (secondary N) is 1. The summed E-state index contributed by atoms with van der Waals surface area (Å²) in [6.45, 7) is 8.40. The normalized spacial score (nSPS) is 23.8. The van der Waals surface area contributed by atoms with Crippen molar-refractivity contribution in [1.82, 2.24) is 10.2 Å². The molecule has 0 aromatic heterocycles. The number of hydrogen-bond acceptors (Lipinski definition) is 4. The predicted octanol–water partition coefficient (Wildman–Crippen LogP) is 0.579. The van der Waals surface area contributed by atoms with Crippen molar-refractivity contribution >= 4 is 0 Å². The first-order valence-electron chi connectivity index (χ1n) is 6.20. The van der Waals surface area contributed by atoms with Crippen molar-refractivity contribution in [3.63, 3.8) is 0 Å². The lowest BCUT2D eigenvalue weighted by Gasteiger charge is -2.18. The topological polar surface area (TPSA) is 33.7 Å². The quantitative estimate of drug-likeness (QED) is 0.661. The highest BCUT2D eigenvalue weighted by atomic mass is 16.5. The fraction of sp³-hybridized carbons (Fsp3) is 1.00. The molecule has 96 valence electrons. The van der Waals surface area contributed by atoms with Crippen LogP contribution in [0.4, 0.5) is 0 Å². The van der Waals surface area contributed by atoms with Crippen LogP contribution in [0.1, 0.15) is 13.3 Å². The van der Waals surface area contributed by atoms with Gasteiger partial charge in [-0.05, 0) is 32.4 Å². The summed E-state index contributed by atoms with van der Waals surface area (Å²) >= 11 is 0. The van der Waals surface area contributed by atoms with Crippen molar-refractivity contribution in [3.8, 4) is 0 Å². The van der Waals surface area contributed by atoms with Crippen LogP contribution < -0.4 is 5.32 Å². The summed E-state index contributed by atoms with van der Waals surface area (Å²) < 4.78 is 10.2. The van der Waals surface area contributed by atoms with E-state index in [0.29, 0.717) is 6.04 Å². The molecular weight excluding hydrogens is 204 g/mol. The van der Waals surface area contributed by atoms with Gasteiger partial charge in [-0.1, -0.05) is 0 Å². The first-order chi connectivity index (χ1) is 7.76. The molecule has 1 aliphatic heterocycles. The lowest BCUT2D eigenvalue weighted by Crippen LogP contribution is -2.35. The second kappa shape index (κ2) is 8.01. The minimum Gasteiger partial charge on any atom is -0.383 e. The Balaban J connectivity index is 2.07. The second-order valence-corrected chi connectivity index (χ2v) is 4.71. The molecule has 0 radical (unpaired) electrons. The van der Waals surface area contributed by atoms with Gasteiger partial charge in [-0.3, -0.25) is 0 Å². The zero-order valence-electron chi connectivity index (χ0n) is 10.9. The van der Waals surface area contributed by atoms with E-state index in [9.17, 15) is 0 Å². The molecule has 1 fully saturated rings. The molecule has 4 heteroatoms. The van der Waals surface area contributed by atoms with Gasteiger partial charge in [0, 0.05) is 33.4 Å². The molecule has 0 bridgehead atoms. The van der Waals surface area contributed by atoms with Crippen molar-refractivity contribution in [1.29, 1.82) is 0 Å². The molecule has 1 rings (SSSR count). The van der Waals surface area contributed by atoms with E-state index in [1.165, 1.54) is 19.5 Å². The summed E-state index contributed by atoms with van der Waals surface area (Å²) in [4.78, 5) is 2.48. The second-order valence-electron chi connectivity index (χ2n) is 4.71. The maximum atomic E-state index is 5.10. The standard InChI is InChI=1S/C12H26N2O2/c1-11(10-16-3)13-8-12-4-5-14(9-12)6-7-15-2/h11-13H,4-10H2,1-3H3. The van der Waals surface area contributed by atoms with E-state index in [1.807, 2.05) is 0 Å². The largest absolute Gasteiger partial charge is 0.383 e. The van der Waals surface area contributed by atoms with E-state index in [-0.39, 0.29) is 0 Å². The van der Waals surface area contributed by atoms with Gasteiger partial charge in [0.15, 0.2) is 0 Å². The molecule has 0 amide bonds. The average Bonchev–Trinajstić information content (AvgIpc) is 2.72. The Kier molecular flexibility index (Phi) is 6.96. The molecule has 16 heavy (non-hydrogen) atoms. The monoisotopic (exact) mass is 230 g/mol. The Bertz CT molecular complexity index is 178. The van der Waals surface area contributed by atoms with Gasteiger partial charge in [0.1, 0.15) is 0 Å². The molecular formula is C12H26N2O2. The van der Waals surface area contributed by atoms with Crippen LogP contribution >= 0.6 is 0 Å². The zero-order chi connectivity index (χ0) is 11.8. The minimum atomic E-state index is 0.457. The number of hydrogen-bond donors (Lipinski definition) is 1. The lowest BCUT2D eigenvalue weighted by atomic mass is 10.1. The molecule has 1 heterocycles. The van der Waals surface area contributed by atoms with Crippen LogP contribution in [0.3, 0.4) is 0 Å².